The van der Waals surface area contributed by atoms with Gasteiger partial charge in [0.15, 0.2) is 0 Å². The fourth-order valence-electron chi connectivity index (χ4n) is 3.71. The highest BCUT2D eigenvalue weighted by Crippen LogP contribution is 2.32. The fourth-order valence-corrected chi connectivity index (χ4v) is 3.71. The Hall–Kier alpha value is -3.11. The number of rotatable bonds is 5. The summed E-state index contributed by atoms with van der Waals surface area (Å²) in [5.41, 5.74) is 1.97. The van der Waals surface area contributed by atoms with Crippen molar-refractivity contribution in [1.82, 2.24) is 14.6 Å². The largest absolute Gasteiger partial charge is 0.489 e. The zero-order valence-electron chi connectivity index (χ0n) is 17.7. The zero-order valence-corrected chi connectivity index (χ0v) is 17.7. The summed E-state index contributed by atoms with van der Waals surface area (Å²) in [7, 11) is 0. The summed E-state index contributed by atoms with van der Waals surface area (Å²) in [5.74, 6) is 2.32. The fraction of sp³-hybridized carbons (Fsp3) is 0.435. The Morgan fingerprint density at radius 2 is 2.03 bits per heavy atom. The summed E-state index contributed by atoms with van der Waals surface area (Å²) in [6.07, 6.45) is 7.49. The summed E-state index contributed by atoms with van der Waals surface area (Å²) in [6.45, 7) is 7.88. The van der Waals surface area contributed by atoms with Crippen LogP contribution in [0.15, 0.2) is 36.8 Å². The first-order valence-corrected chi connectivity index (χ1v) is 10.3. The molecule has 0 unspecified atom stereocenters. The van der Waals surface area contributed by atoms with E-state index in [2.05, 4.69) is 23.0 Å². The molecule has 0 aromatic carbocycles. The first-order valence-electron chi connectivity index (χ1n) is 10.3. The van der Waals surface area contributed by atoms with Crippen LogP contribution >= 0.6 is 0 Å². The van der Waals surface area contributed by atoms with E-state index < -0.39 is 5.60 Å². The Kier molecular flexibility index (Phi) is 5.35. The molecule has 0 amide bonds. The summed E-state index contributed by atoms with van der Waals surface area (Å²) >= 11 is 0. The van der Waals surface area contributed by atoms with Gasteiger partial charge in [-0.1, -0.05) is 6.92 Å². The molecule has 0 aliphatic carbocycles. The van der Waals surface area contributed by atoms with Gasteiger partial charge in [0.25, 0.3) is 0 Å². The first kappa shape index (κ1) is 20.2. The average molecular weight is 406 g/mol. The highest BCUT2D eigenvalue weighted by Gasteiger charge is 2.19. The van der Waals surface area contributed by atoms with Gasteiger partial charge < -0.3 is 14.7 Å². The van der Waals surface area contributed by atoms with Crippen molar-refractivity contribution in [2.45, 2.75) is 39.2 Å². The van der Waals surface area contributed by atoms with Gasteiger partial charge in [0.1, 0.15) is 24.2 Å². The van der Waals surface area contributed by atoms with E-state index in [1.165, 1.54) is 12.8 Å². The number of nitrogens with zero attached hydrogens (tertiary/aromatic N) is 5. The van der Waals surface area contributed by atoms with Gasteiger partial charge in [-0.2, -0.15) is 10.4 Å². The quantitative estimate of drug-likeness (QED) is 0.697. The van der Waals surface area contributed by atoms with Crippen LogP contribution in [0.1, 0.15) is 39.2 Å². The van der Waals surface area contributed by atoms with Crippen molar-refractivity contribution >= 4 is 11.3 Å². The van der Waals surface area contributed by atoms with Gasteiger partial charge >= 0.3 is 0 Å². The van der Waals surface area contributed by atoms with E-state index in [0.29, 0.717) is 11.3 Å². The maximum Gasteiger partial charge on any atom is 0.138 e. The summed E-state index contributed by atoms with van der Waals surface area (Å²) in [6, 6.07) is 8.16. The van der Waals surface area contributed by atoms with Crippen LogP contribution in [0.2, 0.25) is 0 Å². The van der Waals surface area contributed by atoms with Crippen molar-refractivity contribution in [3.8, 4) is 22.9 Å². The summed E-state index contributed by atoms with van der Waals surface area (Å²) < 4.78 is 7.44. The monoisotopic (exact) mass is 405 g/mol. The van der Waals surface area contributed by atoms with Crippen LogP contribution in [0.3, 0.4) is 0 Å². The molecule has 0 spiro atoms. The van der Waals surface area contributed by atoms with E-state index in [1.807, 2.05) is 24.4 Å². The molecule has 4 rings (SSSR count). The van der Waals surface area contributed by atoms with E-state index in [4.69, 9.17) is 9.72 Å². The molecule has 4 heterocycles. The first-order chi connectivity index (χ1) is 14.3. The number of anilines is 1. The molecule has 1 saturated heterocycles. The maximum absolute atomic E-state index is 9.99. The zero-order chi connectivity index (χ0) is 21.3. The number of aromatic nitrogens is 3. The predicted octanol–water partition coefficient (Wildman–Crippen LogP) is 3.65. The van der Waals surface area contributed by atoms with Gasteiger partial charge in [-0.25, -0.2) is 9.50 Å². The van der Waals surface area contributed by atoms with E-state index >= 15 is 0 Å². The topological polar surface area (TPSA) is 86.7 Å². The SMILES string of the molecule is CC1CCN(c2ccc(-c3cc(OCC(C)(C)O)cn4ncc(C#N)c34)cn2)CC1. The van der Waals surface area contributed by atoms with Crippen molar-refractivity contribution < 1.29 is 9.84 Å². The second-order valence-corrected chi connectivity index (χ2v) is 8.73. The lowest BCUT2D eigenvalue weighted by Crippen LogP contribution is -2.33. The third-order valence-electron chi connectivity index (χ3n) is 5.47. The van der Waals surface area contributed by atoms with Crippen LogP contribution in [0, 0.1) is 17.2 Å². The number of fused-ring (bicyclic) bond motifs is 1. The number of pyridine rings is 2. The van der Waals surface area contributed by atoms with Crippen molar-refractivity contribution in [1.29, 1.82) is 5.26 Å². The molecule has 0 saturated carbocycles. The normalized spacial score (nSPS) is 15.4. The Morgan fingerprint density at radius 1 is 1.27 bits per heavy atom. The van der Waals surface area contributed by atoms with E-state index in [-0.39, 0.29) is 6.61 Å². The molecule has 3 aromatic heterocycles. The molecule has 1 N–H and O–H groups in total. The smallest absolute Gasteiger partial charge is 0.138 e. The van der Waals surface area contributed by atoms with Crippen LogP contribution in [0.5, 0.6) is 5.75 Å². The number of hydrogen-bond acceptors (Lipinski definition) is 6. The number of aliphatic hydroxyl groups is 1. The van der Waals surface area contributed by atoms with Crippen LogP contribution in [0.25, 0.3) is 16.6 Å². The second kappa shape index (κ2) is 7.96. The Morgan fingerprint density at radius 3 is 2.67 bits per heavy atom. The highest BCUT2D eigenvalue weighted by molar-refractivity contribution is 5.85. The molecule has 156 valence electrons. The Labute approximate surface area is 176 Å². The van der Waals surface area contributed by atoms with Gasteiger partial charge in [0, 0.05) is 30.4 Å². The molecule has 7 heteroatoms. The average Bonchev–Trinajstić information content (AvgIpc) is 3.15. The van der Waals surface area contributed by atoms with Gasteiger partial charge in [-0.3, -0.25) is 0 Å². The molecule has 0 bridgehead atoms. The molecular formula is C23H27N5O2. The van der Waals surface area contributed by atoms with Gasteiger partial charge in [-0.15, -0.1) is 0 Å². The van der Waals surface area contributed by atoms with Crippen molar-refractivity contribution in [3.05, 3.63) is 42.4 Å². The lowest BCUT2D eigenvalue weighted by Gasteiger charge is -2.31. The molecule has 1 aliphatic heterocycles. The number of piperidine rings is 1. The molecular weight excluding hydrogens is 378 g/mol. The minimum absolute atomic E-state index is 0.148. The lowest BCUT2D eigenvalue weighted by atomic mass is 9.99. The molecule has 3 aromatic rings. The van der Waals surface area contributed by atoms with Crippen molar-refractivity contribution in [3.63, 3.8) is 0 Å². The molecule has 0 radical (unpaired) electrons. The minimum atomic E-state index is -0.952. The van der Waals surface area contributed by atoms with Gasteiger partial charge in [0.2, 0.25) is 0 Å². The number of hydrogen-bond donors (Lipinski definition) is 1. The van der Waals surface area contributed by atoms with Crippen LogP contribution in [0.4, 0.5) is 5.82 Å². The minimum Gasteiger partial charge on any atom is -0.489 e. The van der Waals surface area contributed by atoms with Crippen LogP contribution < -0.4 is 9.64 Å². The Bertz CT molecular complexity index is 1070. The molecule has 1 aliphatic rings. The summed E-state index contributed by atoms with van der Waals surface area (Å²) in [5, 5.41) is 23.8. The molecule has 0 atom stereocenters. The van der Waals surface area contributed by atoms with Crippen LogP contribution in [-0.2, 0) is 0 Å². The standard InChI is InChI=1S/C23H27N5O2/c1-16-6-8-27(9-7-16)21-5-4-17(12-25-21)20-10-19(30-15-23(2,3)29)14-28-22(20)18(11-24)13-26-28/h4-5,10,12-14,16,29H,6-9,15H2,1-3H3. The van der Waals surface area contributed by atoms with E-state index in [9.17, 15) is 10.4 Å². The predicted molar refractivity (Wildman–Crippen MR) is 116 cm³/mol. The molecule has 7 nitrogen and oxygen atoms in total. The molecule has 1 fully saturated rings. The van der Waals surface area contributed by atoms with Gasteiger partial charge in [0.05, 0.1) is 29.1 Å². The van der Waals surface area contributed by atoms with Crippen LogP contribution in [-0.4, -0.2) is 45.0 Å². The molecule has 30 heavy (non-hydrogen) atoms. The van der Waals surface area contributed by atoms with E-state index in [0.717, 1.165) is 41.5 Å². The third kappa shape index (κ3) is 4.24. The lowest BCUT2D eigenvalue weighted by molar-refractivity contribution is 0.0283. The maximum atomic E-state index is 9.99. The third-order valence-corrected chi connectivity index (χ3v) is 5.47. The van der Waals surface area contributed by atoms with Gasteiger partial charge in [-0.05, 0) is 50.8 Å². The van der Waals surface area contributed by atoms with Crippen molar-refractivity contribution in [2.24, 2.45) is 5.92 Å². The second-order valence-electron chi connectivity index (χ2n) is 8.73. The Balaban J connectivity index is 1.69. The number of ether oxygens (including phenoxy) is 1. The summed E-state index contributed by atoms with van der Waals surface area (Å²) in [4.78, 5) is 7.02. The van der Waals surface area contributed by atoms with Crippen molar-refractivity contribution in [2.75, 3.05) is 24.6 Å². The number of nitriles is 1. The van der Waals surface area contributed by atoms with E-state index in [1.54, 1.807) is 30.8 Å². The highest BCUT2D eigenvalue weighted by atomic mass is 16.5.